The second-order valence-electron chi connectivity index (χ2n) is 4.45. The predicted molar refractivity (Wildman–Crippen MR) is 90.9 cm³/mol. The first-order chi connectivity index (χ1) is 10.0. The van der Waals surface area contributed by atoms with Crippen molar-refractivity contribution in [2.24, 2.45) is 5.50 Å². The topological polar surface area (TPSA) is 55.6 Å². The van der Waals surface area contributed by atoms with E-state index in [0.29, 0.717) is 31.3 Å². The predicted octanol–water partition coefficient (Wildman–Crippen LogP) is 3.95. The van der Waals surface area contributed by atoms with Gasteiger partial charge in [-0.05, 0) is 17.6 Å². The summed E-state index contributed by atoms with van der Waals surface area (Å²) < 4.78 is 19.2. The summed E-state index contributed by atoms with van der Waals surface area (Å²) >= 11 is 11.3. The lowest BCUT2D eigenvalue weighted by Crippen LogP contribution is -2.29. The SMILES string of the molecule is C=C(CCO[P@](N)(=O)N(CCCl)CCCl)c1ccccc1. The first kappa shape index (κ1) is 18.7. The van der Waals surface area contributed by atoms with Gasteiger partial charge in [0, 0.05) is 24.8 Å². The maximum atomic E-state index is 12.3. The molecule has 0 aliphatic carbocycles. The van der Waals surface area contributed by atoms with Gasteiger partial charge >= 0.3 is 7.67 Å². The zero-order valence-corrected chi connectivity index (χ0v) is 14.3. The summed E-state index contributed by atoms with van der Waals surface area (Å²) in [6.07, 6.45) is 0.556. The average Bonchev–Trinajstić information content (AvgIpc) is 2.47. The molecule has 0 aliphatic rings. The summed E-state index contributed by atoms with van der Waals surface area (Å²) in [4.78, 5) is 0. The zero-order valence-electron chi connectivity index (χ0n) is 11.9. The van der Waals surface area contributed by atoms with Gasteiger partial charge in [0.25, 0.3) is 0 Å². The Labute approximate surface area is 136 Å². The highest BCUT2D eigenvalue weighted by molar-refractivity contribution is 7.53. The van der Waals surface area contributed by atoms with E-state index in [1.807, 2.05) is 30.3 Å². The van der Waals surface area contributed by atoms with E-state index >= 15 is 0 Å². The molecule has 1 rings (SSSR count). The fraction of sp³-hybridized carbons (Fsp3) is 0.429. The van der Waals surface area contributed by atoms with E-state index in [4.69, 9.17) is 33.2 Å². The lowest BCUT2D eigenvalue weighted by Gasteiger charge is -2.26. The second kappa shape index (κ2) is 9.62. The Hall–Kier alpha value is -0.350. The Morgan fingerprint density at radius 1 is 1.24 bits per heavy atom. The largest absolute Gasteiger partial charge is 0.340 e. The Kier molecular flexibility index (Phi) is 8.57. The maximum absolute atomic E-state index is 12.3. The zero-order chi connectivity index (χ0) is 15.7. The molecule has 118 valence electrons. The maximum Gasteiger partial charge on any atom is 0.340 e. The van der Waals surface area contributed by atoms with Crippen molar-refractivity contribution in [2.75, 3.05) is 31.5 Å². The molecule has 0 radical (unpaired) electrons. The Morgan fingerprint density at radius 2 is 1.81 bits per heavy atom. The Balaban J connectivity index is 2.49. The third-order valence-electron chi connectivity index (χ3n) is 2.94. The second-order valence-corrected chi connectivity index (χ2v) is 7.16. The minimum Gasteiger partial charge on any atom is -0.306 e. The fourth-order valence-electron chi connectivity index (χ4n) is 1.79. The molecular weight excluding hydrogens is 330 g/mol. The number of hydrogen-bond acceptors (Lipinski definition) is 2. The van der Waals surface area contributed by atoms with Gasteiger partial charge in [0.05, 0.1) is 6.61 Å². The highest BCUT2D eigenvalue weighted by Gasteiger charge is 2.26. The van der Waals surface area contributed by atoms with Crippen LogP contribution >= 0.6 is 30.9 Å². The summed E-state index contributed by atoms with van der Waals surface area (Å²) in [6.45, 7) is 4.99. The third-order valence-corrected chi connectivity index (χ3v) is 5.02. The molecule has 0 amide bonds. The van der Waals surface area contributed by atoms with Gasteiger partial charge in [-0.15, -0.1) is 23.2 Å². The van der Waals surface area contributed by atoms with Crippen molar-refractivity contribution in [1.29, 1.82) is 0 Å². The van der Waals surface area contributed by atoms with Crippen LogP contribution in [-0.2, 0) is 9.09 Å². The van der Waals surface area contributed by atoms with Gasteiger partial charge in [-0.3, -0.25) is 4.57 Å². The van der Waals surface area contributed by atoms with Crippen molar-refractivity contribution in [3.8, 4) is 0 Å². The quantitative estimate of drug-likeness (QED) is 0.512. The number of benzene rings is 1. The van der Waals surface area contributed by atoms with Crippen molar-refractivity contribution in [2.45, 2.75) is 6.42 Å². The summed E-state index contributed by atoms with van der Waals surface area (Å²) in [5, 5.41) is 0. The van der Waals surface area contributed by atoms with Gasteiger partial charge in [0.2, 0.25) is 0 Å². The van der Waals surface area contributed by atoms with Gasteiger partial charge in [0.15, 0.2) is 0 Å². The van der Waals surface area contributed by atoms with Crippen LogP contribution in [0.5, 0.6) is 0 Å². The van der Waals surface area contributed by atoms with Crippen LogP contribution in [0.4, 0.5) is 0 Å². The van der Waals surface area contributed by atoms with E-state index in [-0.39, 0.29) is 6.61 Å². The first-order valence-electron chi connectivity index (χ1n) is 6.65. The lowest BCUT2D eigenvalue weighted by molar-refractivity contribution is 0.272. The van der Waals surface area contributed by atoms with Crippen molar-refractivity contribution in [1.82, 2.24) is 4.67 Å². The van der Waals surface area contributed by atoms with Gasteiger partial charge < -0.3 is 4.52 Å². The van der Waals surface area contributed by atoms with E-state index in [0.717, 1.165) is 11.1 Å². The molecule has 2 N–H and O–H groups in total. The number of alkyl halides is 2. The number of nitrogens with zero attached hydrogens (tertiary/aromatic N) is 1. The molecule has 0 aliphatic heterocycles. The van der Waals surface area contributed by atoms with Crippen molar-refractivity contribution in [3.05, 3.63) is 42.5 Å². The van der Waals surface area contributed by atoms with E-state index in [1.54, 1.807) is 0 Å². The number of hydrogen-bond donors (Lipinski definition) is 1. The molecule has 0 aromatic heterocycles. The van der Waals surface area contributed by atoms with Crippen molar-refractivity contribution in [3.63, 3.8) is 0 Å². The van der Waals surface area contributed by atoms with Gasteiger partial charge in [-0.1, -0.05) is 36.9 Å². The Morgan fingerprint density at radius 3 is 2.33 bits per heavy atom. The van der Waals surface area contributed by atoms with Crippen molar-refractivity contribution < 1.29 is 9.09 Å². The molecule has 0 unspecified atom stereocenters. The first-order valence-corrected chi connectivity index (χ1v) is 9.36. The minimum atomic E-state index is -3.36. The van der Waals surface area contributed by atoms with Crippen LogP contribution in [0.25, 0.3) is 5.57 Å². The minimum absolute atomic E-state index is 0.239. The smallest absolute Gasteiger partial charge is 0.306 e. The van der Waals surface area contributed by atoms with E-state index < -0.39 is 7.67 Å². The van der Waals surface area contributed by atoms with Crippen LogP contribution in [0.15, 0.2) is 36.9 Å². The molecule has 0 fully saturated rings. The summed E-state index contributed by atoms with van der Waals surface area (Å²) in [5.74, 6) is 0.635. The van der Waals surface area contributed by atoms with Crippen LogP contribution in [0, 0.1) is 0 Å². The van der Waals surface area contributed by atoms with Gasteiger partial charge in [-0.2, -0.15) is 0 Å². The molecule has 7 heteroatoms. The van der Waals surface area contributed by atoms with Gasteiger partial charge in [0.1, 0.15) is 0 Å². The van der Waals surface area contributed by atoms with Crippen LogP contribution < -0.4 is 5.50 Å². The molecule has 0 heterocycles. The molecule has 0 saturated carbocycles. The molecule has 4 nitrogen and oxygen atoms in total. The molecule has 1 aromatic rings. The number of rotatable bonds is 10. The number of halogens is 2. The van der Waals surface area contributed by atoms with Gasteiger partial charge in [-0.25, -0.2) is 10.2 Å². The van der Waals surface area contributed by atoms with E-state index in [1.165, 1.54) is 4.67 Å². The van der Waals surface area contributed by atoms with Crippen LogP contribution in [0.3, 0.4) is 0 Å². The fourth-order valence-corrected chi connectivity index (χ4v) is 3.70. The molecule has 1 atom stereocenters. The molecule has 21 heavy (non-hydrogen) atoms. The molecule has 0 spiro atoms. The highest BCUT2D eigenvalue weighted by atomic mass is 35.5. The summed E-state index contributed by atoms with van der Waals surface area (Å²) in [6, 6.07) is 9.77. The standard InChI is InChI=1S/C14H21Cl2N2O2P/c1-13(14-5-3-2-4-6-14)7-12-20-21(17,19)18(10-8-15)11-9-16/h2-6H,1,7-12H2,(H2,17,19)/t21-/m0/s1. The van der Waals surface area contributed by atoms with Crippen LogP contribution in [-0.4, -0.2) is 36.1 Å². The average molecular weight is 351 g/mol. The summed E-state index contributed by atoms with van der Waals surface area (Å²) in [5.41, 5.74) is 7.72. The summed E-state index contributed by atoms with van der Waals surface area (Å²) in [7, 11) is -3.36. The van der Waals surface area contributed by atoms with E-state index in [9.17, 15) is 4.57 Å². The Bertz CT molecular complexity index is 479. The highest BCUT2D eigenvalue weighted by Crippen LogP contribution is 2.42. The molecule has 0 bridgehead atoms. The molecular formula is C14H21Cl2N2O2P. The monoisotopic (exact) mass is 350 g/mol. The molecule has 0 saturated heterocycles. The third kappa shape index (κ3) is 6.52. The van der Waals surface area contributed by atoms with Crippen LogP contribution in [0.2, 0.25) is 0 Å². The normalized spacial score (nSPS) is 14.1. The van der Waals surface area contributed by atoms with E-state index in [2.05, 4.69) is 6.58 Å². The molecule has 1 aromatic carbocycles. The van der Waals surface area contributed by atoms with Crippen LogP contribution in [0.1, 0.15) is 12.0 Å². The number of nitrogens with two attached hydrogens (primary N) is 1. The van der Waals surface area contributed by atoms with Crippen molar-refractivity contribution >= 4 is 36.4 Å². The lowest BCUT2D eigenvalue weighted by atomic mass is 10.1.